The first-order valence-corrected chi connectivity index (χ1v) is 8.29. The van der Waals surface area contributed by atoms with E-state index < -0.39 is 0 Å². The Morgan fingerprint density at radius 3 is 3.00 bits per heavy atom. The molecule has 1 aliphatic rings. The number of ether oxygens (including phenoxy) is 1. The predicted octanol–water partition coefficient (Wildman–Crippen LogP) is 4.48. The van der Waals surface area contributed by atoms with Gasteiger partial charge in [0.25, 0.3) is 0 Å². The maximum absolute atomic E-state index is 6.18. The number of nitrogens with one attached hydrogen (secondary N) is 1. The van der Waals surface area contributed by atoms with Gasteiger partial charge in [-0.2, -0.15) is 0 Å². The van der Waals surface area contributed by atoms with E-state index in [1.807, 2.05) is 0 Å². The Kier molecular flexibility index (Phi) is 6.07. The van der Waals surface area contributed by atoms with Gasteiger partial charge in [-0.25, -0.2) is 4.98 Å². The molecule has 106 valence electrons. The second-order valence-corrected chi connectivity index (χ2v) is 6.30. The molecule has 2 heterocycles. The molecule has 3 nitrogen and oxygen atoms in total. The van der Waals surface area contributed by atoms with Crippen molar-refractivity contribution in [1.82, 2.24) is 4.98 Å². The van der Waals surface area contributed by atoms with Gasteiger partial charge in [-0.3, -0.25) is 0 Å². The Balaban J connectivity index is 2.01. The lowest BCUT2D eigenvalue weighted by atomic mass is 10.3. The number of thioether (sulfide) groups is 1. The largest absolute Gasteiger partial charge is 0.377 e. The van der Waals surface area contributed by atoms with E-state index in [-0.39, 0.29) is 0 Å². The summed E-state index contributed by atoms with van der Waals surface area (Å²) in [5.41, 5.74) is 0. The quantitative estimate of drug-likeness (QED) is 0.783. The smallest absolute Gasteiger partial charge is 0.146 e. The van der Waals surface area contributed by atoms with Crippen LogP contribution in [0.15, 0.2) is 11.1 Å². The predicted molar refractivity (Wildman–Crippen MR) is 82.7 cm³/mol. The maximum atomic E-state index is 6.18. The third-order valence-electron chi connectivity index (χ3n) is 2.87. The Morgan fingerprint density at radius 1 is 1.47 bits per heavy atom. The van der Waals surface area contributed by atoms with Crippen molar-refractivity contribution in [3.05, 3.63) is 16.1 Å². The summed E-state index contributed by atoms with van der Waals surface area (Å²) in [6.45, 7) is 3.82. The fraction of sp³-hybridized carbons (Fsp3) is 0.615. The summed E-state index contributed by atoms with van der Waals surface area (Å²) < 4.78 is 5.60. The number of anilines is 1. The van der Waals surface area contributed by atoms with Gasteiger partial charge in [-0.05, 0) is 25.3 Å². The number of halogens is 2. The van der Waals surface area contributed by atoms with Crippen molar-refractivity contribution in [3.8, 4) is 0 Å². The van der Waals surface area contributed by atoms with Crippen LogP contribution in [0, 0.1) is 0 Å². The van der Waals surface area contributed by atoms with E-state index in [4.69, 9.17) is 27.9 Å². The van der Waals surface area contributed by atoms with E-state index in [1.54, 1.807) is 17.8 Å². The summed E-state index contributed by atoms with van der Waals surface area (Å²) >= 11 is 13.9. The Hall–Kier alpha value is -0.160. The molecule has 19 heavy (non-hydrogen) atoms. The fourth-order valence-electron chi connectivity index (χ4n) is 1.87. The van der Waals surface area contributed by atoms with Crippen LogP contribution in [0.5, 0.6) is 0 Å². The van der Waals surface area contributed by atoms with Crippen LogP contribution >= 0.6 is 35.0 Å². The first-order valence-electron chi connectivity index (χ1n) is 6.55. The molecule has 0 saturated carbocycles. The average molecular weight is 321 g/mol. The van der Waals surface area contributed by atoms with Gasteiger partial charge in [-0.1, -0.05) is 30.1 Å². The van der Waals surface area contributed by atoms with Crippen LogP contribution in [-0.4, -0.2) is 30.0 Å². The van der Waals surface area contributed by atoms with E-state index >= 15 is 0 Å². The molecule has 1 N–H and O–H groups in total. The molecule has 1 atom stereocenters. The molecule has 1 aliphatic heterocycles. The lowest BCUT2D eigenvalue weighted by molar-refractivity contribution is 0.129. The molecule has 1 aromatic rings. The molecule has 0 radical (unpaired) electrons. The zero-order valence-electron chi connectivity index (χ0n) is 10.9. The van der Waals surface area contributed by atoms with Gasteiger partial charge in [0.2, 0.25) is 0 Å². The van der Waals surface area contributed by atoms with Crippen LogP contribution in [0.2, 0.25) is 10.0 Å². The highest BCUT2D eigenvalue weighted by atomic mass is 35.5. The minimum absolute atomic E-state index is 0.325. The van der Waals surface area contributed by atoms with Crippen molar-refractivity contribution in [2.75, 3.05) is 24.2 Å². The summed E-state index contributed by atoms with van der Waals surface area (Å²) in [7, 11) is 0. The number of pyridine rings is 1. The number of hydrogen-bond donors (Lipinski definition) is 1. The second kappa shape index (κ2) is 7.58. The molecule has 0 aromatic carbocycles. The zero-order chi connectivity index (χ0) is 13.7. The van der Waals surface area contributed by atoms with Gasteiger partial charge < -0.3 is 10.1 Å². The van der Waals surface area contributed by atoms with Crippen LogP contribution < -0.4 is 5.32 Å². The van der Waals surface area contributed by atoms with Crippen LogP contribution in [0.25, 0.3) is 0 Å². The van der Waals surface area contributed by atoms with E-state index in [0.717, 1.165) is 43.2 Å². The molecule has 1 fully saturated rings. The molecule has 1 saturated heterocycles. The highest BCUT2D eigenvalue weighted by molar-refractivity contribution is 7.99. The minimum Gasteiger partial charge on any atom is -0.377 e. The first kappa shape index (κ1) is 15.2. The SMILES string of the molecule is CCCNc1nc(SCC2CCCO2)c(Cl)cc1Cl. The van der Waals surface area contributed by atoms with Gasteiger partial charge in [-0.15, -0.1) is 11.8 Å². The first-order chi connectivity index (χ1) is 9.20. The molecular weight excluding hydrogens is 303 g/mol. The molecule has 0 spiro atoms. The molecule has 0 aliphatic carbocycles. The van der Waals surface area contributed by atoms with Crippen molar-refractivity contribution in [3.63, 3.8) is 0 Å². The molecular formula is C13H18Cl2N2OS. The fourth-order valence-corrected chi connectivity index (χ4v) is 3.41. The van der Waals surface area contributed by atoms with Crippen molar-refractivity contribution >= 4 is 40.8 Å². The minimum atomic E-state index is 0.325. The van der Waals surface area contributed by atoms with Gasteiger partial charge in [0.05, 0.1) is 16.1 Å². The average Bonchev–Trinajstić information content (AvgIpc) is 2.90. The number of rotatable bonds is 6. The van der Waals surface area contributed by atoms with Crippen molar-refractivity contribution in [2.45, 2.75) is 37.3 Å². The third-order valence-corrected chi connectivity index (χ3v) is 4.68. The van der Waals surface area contributed by atoms with Gasteiger partial charge in [0.15, 0.2) is 0 Å². The van der Waals surface area contributed by atoms with Crippen molar-refractivity contribution < 1.29 is 4.74 Å². The number of nitrogens with zero attached hydrogens (tertiary/aromatic N) is 1. The highest BCUT2D eigenvalue weighted by Gasteiger charge is 2.17. The summed E-state index contributed by atoms with van der Waals surface area (Å²) in [4.78, 5) is 4.50. The van der Waals surface area contributed by atoms with E-state index in [1.165, 1.54) is 0 Å². The lowest BCUT2D eigenvalue weighted by Crippen LogP contribution is -2.08. The topological polar surface area (TPSA) is 34.2 Å². The summed E-state index contributed by atoms with van der Waals surface area (Å²) in [5, 5.41) is 5.21. The second-order valence-electron chi connectivity index (χ2n) is 4.48. The Bertz CT molecular complexity index is 425. The van der Waals surface area contributed by atoms with Crippen molar-refractivity contribution in [2.24, 2.45) is 0 Å². The molecule has 2 rings (SSSR count). The van der Waals surface area contributed by atoms with Gasteiger partial charge in [0.1, 0.15) is 10.8 Å². The van der Waals surface area contributed by atoms with Crippen LogP contribution in [0.4, 0.5) is 5.82 Å². The molecule has 0 amide bonds. The maximum Gasteiger partial charge on any atom is 0.146 e. The molecule has 1 aromatic heterocycles. The molecule has 1 unspecified atom stereocenters. The highest BCUT2D eigenvalue weighted by Crippen LogP contribution is 2.33. The van der Waals surface area contributed by atoms with Crippen LogP contribution in [0.1, 0.15) is 26.2 Å². The Labute approximate surface area is 128 Å². The molecule has 0 bridgehead atoms. The van der Waals surface area contributed by atoms with E-state index in [0.29, 0.717) is 22.0 Å². The summed E-state index contributed by atoms with van der Waals surface area (Å²) in [5.74, 6) is 1.60. The van der Waals surface area contributed by atoms with Gasteiger partial charge >= 0.3 is 0 Å². The standard InChI is InChI=1S/C13H18Cl2N2OS/c1-2-5-16-12-10(14)7-11(15)13(17-12)19-8-9-4-3-6-18-9/h7,9H,2-6,8H2,1H3,(H,16,17). The van der Waals surface area contributed by atoms with E-state index in [9.17, 15) is 0 Å². The summed E-state index contributed by atoms with van der Waals surface area (Å²) in [6.07, 6.45) is 3.62. The van der Waals surface area contributed by atoms with Crippen LogP contribution in [-0.2, 0) is 4.74 Å². The lowest BCUT2D eigenvalue weighted by Gasteiger charge is -2.12. The monoisotopic (exact) mass is 320 g/mol. The summed E-state index contributed by atoms with van der Waals surface area (Å²) in [6, 6.07) is 1.76. The van der Waals surface area contributed by atoms with Crippen LogP contribution in [0.3, 0.4) is 0 Å². The zero-order valence-corrected chi connectivity index (χ0v) is 13.2. The molecule has 6 heteroatoms. The van der Waals surface area contributed by atoms with Crippen molar-refractivity contribution in [1.29, 1.82) is 0 Å². The van der Waals surface area contributed by atoms with E-state index in [2.05, 4.69) is 17.2 Å². The Morgan fingerprint density at radius 2 is 2.32 bits per heavy atom. The third kappa shape index (κ3) is 4.42. The van der Waals surface area contributed by atoms with Gasteiger partial charge in [0, 0.05) is 18.9 Å². The normalized spacial score (nSPS) is 18.8. The number of hydrogen-bond acceptors (Lipinski definition) is 4. The number of aromatic nitrogens is 1.